The molecule has 7 heteroatoms. The van der Waals surface area contributed by atoms with Crippen molar-refractivity contribution in [1.29, 1.82) is 0 Å². The van der Waals surface area contributed by atoms with Crippen molar-refractivity contribution in [3.05, 3.63) is 58.6 Å². The number of sulfone groups is 1. The van der Waals surface area contributed by atoms with Crippen molar-refractivity contribution < 1.29 is 13.2 Å². The summed E-state index contributed by atoms with van der Waals surface area (Å²) < 4.78 is 24.6. The maximum Gasteiger partial charge on any atom is 0.329 e. The molecule has 2 atom stereocenters. The number of benzene rings is 2. The highest BCUT2D eigenvalue weighted by molar-refractivity contribution is 7.91. The maximum absolute atomic E-state index is 13.3. The van der Waals surface area contributed by atoms with E-state index < -0.39 is 15.9 Å². The van der Waals surface area contributed by atoms with Crippen molar-refractivity contribution in [2.45, 2.75) is 25.9 Å². The summed E-state index contributed by atoms with van der Waals surface area (Å²) in [7, 11) is -3.20. The van der Waals surface area contributed by atoms with Gasteiger partial charge in [-0.05, 0) is 49.7 Å². The fourth-order valence-electron chi connectivity index (χ4n) is 3.96. The van der Waals surface area contributed by atoms with Crippen LogP contribution in [0.2, 0.25) is 5.02 Å². The second-order valence-corrected chi connectivity index (χ2v) is 9.59. The van der Waals surface area contributed by atoms with Gasteiger partial charge in [-0.2, -0.15) is 0 Å². The van der Waals surface area contributed by atoms with Crippen LogP contribution in [0.4, 0.5) is 16.2 Å². The average molecular weight is 391 g/mol. The standard InChI is InChI=1S/C19H19ClN2O3S/c1-12-3-8-16(13(2)9-12)22-18-11-26(24,25)10-17(18)21(19(22)23)15-6-4-14(20)5-7-15/h3-9,17-18H,10-11H2,1-2H3/t17-,18-/m0/s1. The Labute approximate surface area is 158 Å². The first-order chi connectivity index (χ1) is 12.3. The Bertz CT molecular complexity index is 988. The van der Waals surface area contributed by atoms with Gasteiger partial charge >= 0.3 is 6.03 Å². The number of amides is 2. The number of anilines is 2. The molecule has 0 unspecified atom stereocenters. The molecule has 0 saturated carbocycles. The van der Waals surface area contributed by atoms with E-state index in [0.717, 1.165) is 16.8 Å². The predicted molar refractivity (Wildman–Crippen MR) is 104 cm³/mol. The zero-order chi connectivity index (χ0) is 18.6. The molecule has 0 bridgehead atoms. The third-order valence-corrected chi connectivity index (χ3v) is 7.04. The van der Waals surface area contributed by atoms with Crippen LogP contribution in [0.15, 0.2) is 42.5 Å². The zero-order valence-corrected chi connectivity index (χ0v) is 16.1. The van der Waals surface area contributed by atoms with Gasteiger partial charge in [0.15, 0.2) is 9.84 Å². The van der Waals surface area contributed by atoms with E-state index in [0.29, 0.717) is 10.7 Å². The molecule has 2 aromatic carbocycles. The lowest BCUT2D eigenvalue weighted by atomic mass is 10.1. The van der Waals surface area contributed by atoms with Crippen LogP contribution in [0.3, 0.4) is 0 Å². The topological polar surface area (TPSA) is 57.7 Å². The molecule has 0 N–H and O–H groups in total. The van der Waals surface area contributed by atoms with Crippen LogP contribution >= 0.6 is 11.6 Å². The van der Waals surface area contributed by atoms with Crippen LogP contribution in [0, 0.1) is 13.8 Å². The van der Waals surface area contributed by atoms with Gasteiger partial charge in [0.05, 0.1) is 23.6 Å². The van der Waals surface area contributed by atoms with E-state index in [9.17, 15) is 13.2 Å². The number of aryl methyl sites for hydroxylation is 2. The Kier molecular flexibility index (Phi) is 4.00. The molecule has 4 rings (SSSR count). The third-order valence-electron chi connectivity index (χ3n) is 5.09. The number of carbonyl (C=O) groups is 1. The van der Waals surface area contributed by atoms with E-state index in [2.05, 4.69) is 0 Å². The van der Waals surface area contributed by atoms with Gasteiger partial charge in [0, 0.05) is 16.4 Å². The molecule has 2 fully saturated rings. The monoisotopic (exact) mass is 390 g/mol. The zero-order valence-electron chi connectivity index (χ0n) is 14.5. The van der Waals surface area contributed by atoms with Gasteiger partial charge in [-0.3, -0.25) is 9.80 Å². The summed E-state index contributed by atoms with van der Waals surface area (Å²) in [6, 6.07) is 11.8. The Hall–Kier alpha value is -2.05. The summed E-state index contributed by atoms with van der Waals surface area (Å²) in [5, 5.41) is 0.572. The highest BCUT2D eigenvalue weighted by Crippen LogP contribution is 2.39. The van der Waals surface area contributed by atoms with Crippen molar-refractivity contribution in [3.63, 3.8) is 0 Å². The van der Waals surface area contributed by atoms with Gasteiger partial charge in [0.2, 0.25) is 0 Å². The normalized spacial score (nSPS) is 24.2. The number of urea groups is 1. The van der Waals surface area contributed by atoms with Gasteiger partial charge in [-0.15, -0.1) is 0 Å². The quantitative estimate of drug-likeness (QED) is 0.736. The third kappa shape index (κ3) is 2.77. The molecule has 0 radical (unpaired) electrons. The lowest BCUT2D eigenvalue weighted by Gasteiger charge is -2.24. The Morgan fingerprint density at radius 1 is 0.962 bits per heavy atom. The molecule has 26 heavy (non-hydrogen) atoms. The lowest BCUT2D eigenvalue weighted by molar-refractivity contribution is 0.255. The van der Waals surface area contributed by atoms with Crippen molar-refractivity contribution in [3.8, 4) is 0 Å². The number of fused-ring (bicyclic) bond motifs is 1. The number of hydrogen-bond acceptors (Lipinski definition) is 3. The van der Waals surface area contributed by atoms with E-state index in [1.54, 1.807) is 34.1 Å². The minimum atomic E-state index is -3.20. The van der Waals surface area contributed by atoms with Crippen molar-refractivity contribution in [2.24, 2.45) is 0 Å². The van der Waals surface area contributed by atoms with E-state index in [1.807, 2.05) is 32.0 Å². The SMILES string of the molecule is Cc1ccc(N2C(=O)N(c3ccc(Cl)cc3)[C@H]3CS(=O)(=O)C[C@@H]32)c(C)c1. The van der Waals surface area contributed by atoms with Gasteiger partial charge < -0.3 is 0 Å². The summed E-state index contributed by atoms with van der Waals surface area (Å²) in [5.74, 6) is -0.0335. The number of hydrogen-bond donors (Lipinski definition) is 0. The molecule has 2 amide bonds. The fraction of sp³-hybridized carbons (Fsp3) is 0.316. The largest absolute Gasteiger partial charge is 0.329 e. The van der Waals surface area contributed by atoms with Crippen LogP contribution in [0.5, 0.6) is 0 Å². The van der Waals surface area contributed by atoms with E-state index in [1.165, 1.54) is 0 Å². The Morgan fingerprint density at radius 3 is 2.19 bits per heavy atom. The first-order valence-corrected chi connectivity index (χ1v) is 10.6. The van der Waals surface area contributed by atoms with Crippen LogP contribution in [-0.2, 0) is 9.84 Å². The molecular weight excluding hydrogens is 372 g/mol. The Morgan fingerprint density at radius 2 is 1.58 bits per heavy atom. The van der Waals surface area contributed by atoms with Crippen molar-refractivity contribution in [2.75, 3.05) is 21.3 Å². The molecule has 2 aliphatic heterocycles. The van der Waals surface area contributed by atoms with E-state index in [4.69, 9.17) is 11.6 Å². The van der Waals surface area contributed by atoms with Crippen molar-refractivity contribution >= 4 is 38.8 Å². The summed E-state index contributed by atoms with van der Waals surface area (Å²) >= 11 is 5.96. The summed E-state index contributed by atoms with van der Waals surface area (Å²) in [5.41, 5.74) is 3.49. The van der Waals surface area contributed by atoms with Crippen LogP contribution in [-0.4, -0.2) is 38.0 Å². The number of rotatable bonds is 2. The second kappa shape index (κ2) is 5.99. The molecular formula is C19H19ClN2O3S. The minimum Gasteiger partial charge on any atom is -0.288 e. The number of halogens is 1. The molecule has 2 aromatic rings. The number of carbonyl (C=O) groups excluding carboxylic acids is 1. The summed E-state index contributed by atoms with van der Waals surface area (Å²) in [6.45, 7) is 3.93. The minimum absolute atomic E-state index is 0.0131. The molecule has 0 spiro atoms. The fourth-order valence-corrected chi connectivity index (χ4v) is 6.01. The Balaban J connectivity index is 1.82. The first kappa shape index (κ1) is 17.4. The van der Waals surface area contributed by atoms with Crippen LogP contribution in [0.25, 0.3) is 0 Å². The second-order valence-electron chi connectivity index (χ2n) is 7.00. The highest BCUT2D eigenvalue weighted by Gasteiger charge is 2.54. The van der Waals surface area contributed by atoms with E-state index >= 15 is 0 Å². The smallest absolute Gasteiger partial charge is 0.288 e. The van der Waals surface area contributed by atoms with Gasteiger partial charge in [0.25, 0.3) is 0 Å². The first-order valence-electron chi connectivity index (χ1n) is 8.42. The average Bonchev–Trinajstić information content (AvgIpc) is 2.99. The molecule has 2 aliphatic rings. The number of nitrogens with zero attached hydrogens (tertiary/aromatic N) is 2. The highest BCUT2D eigenvalue weighted by atomic mass is 35.5. The maximum atomic E-state index is 13.3. The molecule has 5 nitrogen and oxygen atoms in total. The summed E-state index contributed by atoms with van der Waals surface area (Å²) in [6.07, 6.45) is 0. The lowest BCUT2D eigenvalue weighted by Crippen LogP contribution is -2.38. The summed E-state index contributed by atoms with van der Waals surface area (Å²) in [4.78, 5) is 16.5. The molecule has 2 saturated heterocycles. The molecule has 136 valence electrons. The van der Waals surface area contributed by atoms with E-state index in [-0.39, 0.29) is 23.6 Å². The molecule has 2 heterocycles. The molecule has 0 aliphatic carbocycles. The van der Waals surface area contributed by atoms with Gasteiger partial charge in [-0.1, -0.05) is 29.3 Å². The predicted octanol–water partition coefficient (Wildman–Crippen LogP) is 3.57. The van der Waals surface area contributed by atoms with Crippen molar-refractivity contribution in [1.82, 2.24) is 0 Å². The van der Waals surface area contributed by atoms with Crippen LogP contribution in [0.1, 0.15) is 11.1 Å². The van der Waals surface area contributed by atoms with Gasteiger partial charge in [0.1, 0.15) is 0 Å². The van der Waals surface area contributed by atoms with Gasteiger partial charge in [-0.25, -0.2) is 13.2 Å². The molecule has 0 aromatic heterocycles. The van der Waals surface area contributed by atoms with Crippen LogP contribution < -0.4 is 9.80 Å².